The molecule has 200 valence electrons. The second-order valence-corrected chi connectivity index (χ2v) is 8.94. The highest BCUT2D eigenvalue weighted by atomic mass is 32.1. The molecule has 4 rings (SSSR count). The van der Waals surface area contributed by atoms with E-state index in [1.54, 1.807) is 19.1 Å². The minimum absolute atomic E-state index is 0.0240. The first-order valence-corrected chi connectivity index (χ1v) is 12.5. The SMILES string of the molecule is CCOC(=O)c1ccc(NC(=O)CC2C(=O)N(Cc3ccccc3)C(=S)N2NC(=O)c2ccc(F)cc2)cc1. The van der Waals surface area contributed by atoms with Crippen molar-refractivity contribution in [2.45, 2.75) is 25.9 Å². The van der Waals surface area contributed by atoms with Gasteiger partial charge in [0, 0.05) is 11.3 Å². The lowest BCUT2D eigenvalue weighted by Crippen LogP contribution is -2.49. The molecular weight excluding hydrogens is 523 g/mol. The normalized spacial score (nSPS) is 14.8. The number of benzene rings is 3. The van der Waals surface area contributed by atoms with Gasteiger partial charge in [-0.1, -0.05) is 30.3 Å². The molecule has 3 amide bonds. The average molecular weight is 549 g/mol. The number of carbonyl (C=O) groups excluding carboxylic acids is 4. The molecule has 1 fully saturated rings. The summed E-state index contributed by atoms with van der Waals surface area (Å²) in [5.41, 5.74) is 4.30. The Morgan fingerprint density at radius 3 is 2.23 bits per heavy atom. The van der Waals surface area contributed by atoms with Gasteiger partial charge < -0.3 is 10.1 Å². The Bertz CT molecular complexity index is 1380. The summed E-state index contributed by atoms with van der Waals surface area (Å²) in [7, 11) is 0. The van der Waals surface area contributed by atoms with Gasteiger partial charge in [0.15, 0.2) is 5.11 Å². The van der Waals surface area contributed by atoms with E-state index in [4.69, 9.17) is 17.0 Å². The highest BCUT2D eigenvalue weighted by molar-refractivity contribution is 7.80. The summed E-state index contributed by atoms with van der Waals surface area (Å²) in [4.78, 5) is 52.4. The first-order chi connectivity index (χ1) is 18.8. The minimum Gasteiger partial charge on any atom is -0.462 e. The van der Waals surface area contributed by atoms with Crippen LogP contribution < -0.4 is 10.7 Å². The number of hydrazine groups is 1. The highest BCUT2D eigenvalue weighted by Gasteiger charge is 2.44. The molecule has 0 saturated carbocycles. The standard InChI is InChI=1S/C28H25FN4O5S/c1-2-38-27(37)20-10-14-22(15-11-20)30-24(34)16-23-26(36)32(17-18-6-4-3-5-7-18)28(39)33(23)31-25(35)19-8-12-21(29)13-9-19/h3-15,23H,2,16-17H2,1H3,(H,30,34)(H,31,35). The van der Waals surface area contributed by atoms with Crippen LogP contribution in [0.3, 0.4) is 0 Å². The molecule has 1 atom stereocenters. The third kappa shape index (κ3) is 6.63. The summed E-state index contributed by atoms with van der Waals surface area (Å²) in [6, 6.07) is 19.0. The Labute approximate surface area is 229 Å². The van der Waals surface area contributed by atoms with Crippen molar-refractivity contribution < 1.29 is 28.3 Å². The minimum atomic E-state index is -1.12. The summed E-state index contributed by atoms with van der Waals surface area (Å²) in [6.07, 6.45) is -0.326. The summed E-state index contributed by atoms with van der Waals surface area (Å²) in [5.74, 6) is -2.57. The van der Waals surface area contributed by atoms with Gasteiger partial charge in [-0.25, -0.2) is 14.2 Å². The summed E-state index contributed by atoms with van der Waals surface area (Å²) in [6.45, 7) is 2.09. The number of ether oxygens (including phenoxy) is 1. The van der Waals surface area contributed by atoms with Crippen LogP contribution in [0.25, 0.3) is 0 Å². The summed E-state index contributed by atoms with van der Waals surface area (Å²) >= 11 is 5.53. The van der Waals surface area contributed by atoms with Crippen molar-refractivity contribution in [1.29, 1.82) is 0 Å². The Morgan fingerprint density at radius 1 is 0.949 bits per heavy atom. The number of rotatable bonds is 9. The molecule has 0 spiro atoms. The van der Waals surface area contributed by atoms with Crippen LogP contribution in [-0.4, -0.2) is 51.4 Å². The quantitative estimate of drug-likeness (QED) is 0.310. The Kier molecular flexibility index (Phi) is 8.62. The fraction of sp³-hybridized carbons (Fsp3) is 0.179. The van der Waals surface area contributed by atoms with Crippen molar-refractivity contribution >= 4 is 46.7 Å². The second kappa shape index (κ2) is 12.3. The van der Waals surface area contributed by atoms with E-state index in [0.717, 1.165) is 17.7 Å². The number of carbonyl (C=O) groups is 4. The lowest BCUT2D eigenvalue weighted by atomic mass is 10.1. The van der Waals surface area contributed by atoms with Crippen molar-refractivity contribution in [1.82, 2.24) is 15.3 Å². The van der Waals surface area contributed by atoms with E-state index in [2.05, 4.69) is 10.7 Å². The zero-order chi connectivity index (χ0) is 27.9. The molecular formula is C28H25FN4O5S. The molecule has 2 N–H and O–H groups in total. The fourth-order valence-corrected chi connectivity index (χ4v) is 4.26. The van der Waals surface area contributed by atoms with Gasteiger partial charge in [-0.2, -0.15) is 0 Å². The van der Waals surface area contributed by atoms with Gasteiger partial charge in [0.05, 0.1) is 25.1 Å². The number of thiocarbonyl (C=S) groups is 1. The van der Waals surface area contributed by atoms with E-state index >= 15 is 0 Å². The van der Waals surface area contributed by atoms with E-state index in [9.17, 15) is 23.6 Å². The zero-order valence-electron chi connectivity index (χ0n) is 20.9. The topological polar surface area (TPSA) is 108 Å². The molecule has 0 radical (unpaired) electrons. The van der Waals surface area contributed by atoms with Gasteiger partial charge in [0.1, 0.15) is 11.9 Å². The zero-order valence-corrected chi connectivity index (χ0v) is 21.7. The van der Waals surface area contributed by atoms with Gasteiger partial charge in [-0.15, -0.1) is 0 Å². The molecule has 1 saturated heterocycles. The van der Waals surface area contributed by atoms with Crippen LogP contribution in [0.15, 0.2) is 78.9 Å². The molecule has 0 bridgehead atoms. The molecule has 3 aromatic carbocycles. The number of nitrogens with one attached hydrogen (secondary N) is 2. The number of esters is 1. The molecule has 9 nitrogen and oxygen atoms in total. The monoisotopic (exact) mass is 548 g/mol. The van der Waals surface area contributed by atoms with E-state index in [0.29, 0.717) is 11.3 Å². The van der Waals surface area contributed by atoms with Gasteiger partial charge in [0.2, 0.25) is 5.91 Å². The molecule has 1 aliphatic rings. The predicted molar refractivity (Wildman–Crippen MR) is 145 cm³/mol. The van der Waals surface area contributed by atoms with Crippen LogP contribution in [0.4, 0.5) is 10.1 Å². The van der Waals surface area contributed by atoms with E-state index in [-0.39, 0.29) is 30.2 Å². The summed E-state index contributed by atoms with van der Waals surface area (Å²) < 4.78 is 18.3. The molecule has 1 heterocycles. The van der Waals surface area contributed by atoms with Crippen LogP contribution in [-0.2, 0) is 20.9 Å². The van der Waals surface area contributed by atoms with Crippen molar-refractivity contribution in [3.8, 4) is 0 Å². The first-order valence-electron chi connectivity index (χ1n) is 12.1. The van der Waals surface area contributed by atoms with E-state index in [1.807, 2.05) is 30.3 Å². The largest absolute Gasteiger partial charge is 0.462 e. The lowest BCUT2D eigenvalue weighted by molar-refractivity contribution is -0.131. The smallest absolute Gasteiger partial charge is 0.338 e. The predicted octanol–water partition coefficient (Wildman–Crippen LogP) is 3.67. The van der Waals surface area contributed by atoms with Crippen LogP contribution in [0.5, 0.6) is 0 Å². The maximum Gasteiger partial charge on any atom is 0.338 e. The van der Waals surface area contributed by atoms with E-state index in [1.165, 1.54) is 34.2 Å². The Balaban J connectivity index is 1.51. The summed E-state index contributed by atoms with van der Waals surface area (Å²) in [5, 5.41) is 3.91. The molecule has 0 aromatic heterocycles. The number of hydrogen-bond acceptors (Lipinski definition) is 6. The van der Waals surface area contributed by atoms with Gasteiger partial charge in [-0.05, 0) is 73.2 Å². The third-order valence-corrected chi connectivity index (χ3v) is 6.29. The lowest BCUT2D eigenvalue weighted by Gasteiger charge is -2.24. The molecule has 3 aromatic rings. The highest BCUT2D eigenvalue weighted by Crippen LogP contribution is 2.23. The van der Waals surface area contributed by atoms with Crippen LogP contribution >= 0.6 is 12.2 Å². The van der Waals surface area contributed by atoms with Crippen molar-refractivity contribution in [3.05, 3.63) is 101 Å². The molecule has 1 aliphatic heterocycles. The number of hydrogen-bond donors (Lipinski definition) is 2. The molecule has 0 aliphatic carbocycles. The van der Waals surface area contributed by atoms with Gasteiger partial charge in [0.25, 0.3) is 11.8 Å². The number of nitrogens with zero attached hydrogens (tertiary/aromatic N) is 2. The third-order valence-electron chi connectivity index (χ3n) is 5.87. The van der Waals surface area contributed by atoms with Gasteiger partial charge in [-0.3, -0.25) is 24.7 Å². The molecule has 39 heavy (non-hydrogen) atoms. The number of amides is 3. The maximum absolute atomic E-state index is 13.4. The number of halogens is 1. The molecule has 1 unspecified atom stereocenters. The van der Waals surface area contributed by atoms with Crippen molar-refractivity contribution in [2.24, 2.45) is 0 Å². The first kappa shape index (κ1) is 27.4. The van der Waals surface area contributed by atoms with Crippen molar-refractivity contribution in [2.75, 3.05) is 11.9 Å². The number of anilines is 1. The Morgan fingerprint density at radius 2 is 1.59 bits per heavy atom. The van der Waals surface area contributed by atoms with Crippen LogP contribution in [0.1, 0.15) is 39.6 Å². The fourth-order valence-electron chi connectivity index (χ4n) is 3.93. The maximum atomic E-state index is 13.4. The van der Waals surface area contributed by atoms with Gasteiger partial charge >= 0.3 is 5.97 Å². The van der Waals surface area contributed by atoms with Crippen molar-refractivity contribution in [3.63, 3.8) is 0 Å². The van der Waals surface area contributed by atoms with Crippen LogP contribution in [0.2, 0.25) is 0 Å². The van der Waals surface area contributed by atoms with E-state index < -0.39 is 35.5 Å². The average Bonchev–Trinajstić information content (AvgIpc) is 3.14. The Hall–Kier alpha value is -4.64. The van der Waals surface area contributed by atoms with Crippen LogP contribution in [0, 0.1) is 5.82 Å². The second-order valence-electron chi connectivity index (χ2n) is 8.58. The molecule has 11 heteroatoms.